The highest BCUT2D eigenvalue weighted by atomic mass is 32.2. The van der Waals surface area contributed by atoms with E-state index in [0.29, 0.717) is 29.5 Å². The van der Waals surface area contributed by atoms with Crippen LogP contribution in [-0.2, 0) is 20.4 Å². The van der Waals surface area contributed by atoms with Crippen molar-refractivity contribution in [1.29, 1.82) is 0 Å². The summed E-state index contributed by atoms with van der Waals surface area (Å²) in [6.07, 6.45) is 2.83. The molecule has 2 atom stereocenters. The van der Waals surface area contributed by atoms with Crippen LogP contribution in [0.25, 0.3) is 0 Å². The number of piperidine rings is 1. The molecule has 0 spiro atoms. The molecule has 1 aromatic rings. The zero-order valence-electron chi connectivity index (χ0n) is 15.4. The highest BCUT2D eigenvalue weighted by Crippen LogP contribution is 2.23. The predicted molar refractivity (Wildman–Crippen MR) is 102 cm³/mol. The Kier molecular flexibility index (Phi) is 7.02. The smallest absolute Gasteiger partial charge is 0.224 e. The number of carbonyl (C=O) groups excluding carboxylic acids is 1. The van der Waals surface area contributed by atoms with Crippen LogP contribution in [0, 0.1) is 11.8 Å². The lowest BCUT2D eigenvalue weighted by Gasteiger charge is -2.28. The van der Waals surface area contributed by atoms with Gasteiger partial charge in [0, 0.05) is 12.1 Å². The van der Waals surface area contributed by atoms with Crippen LogP contribution in [0.4, 0.5) is 5.69 Å². The molecule has 1 heterocycles. The topological polar surface area (TPSA) is 75.3 Å². The van der Waals surface area contributed by atoms with E-state index in [9.17, 15) is 13.2 Å². The summed E-state index contributed by atoms with van der Waals surface area (Å²) in [7, 11) is -3.15. The summed E-state index contributed by atoms with van der Waals surface area (Å²) in [4.78, 5) is 12.3. The standard InChI is InChI=1S/C19H30N2O3S/c1-14(2)25(23,24)13-16-6-4-8-18(11-16)21-19(22)10-15(3)17-7-5-9-20-12-17/h4,6,8,11,14-15,17,20H,5,7,9-10,12-13H2,1-3H3,(H,21,22). The fourth-order valence-electron chi connectivity index (χ4n) is 3.17. The summed E-state index contributed by atoms with van der Waals surface area (Å²) >= 11 is 0. The second kappa shape index (κ2) is 8.81. The van der Waals surface area contributed by atoms with Gasteiger partial charge in [-0.05, 0) is 69.3 Å². The van der Waals surface area contributed by atoms with Crippen molar-refractivity contribution in [3.8, 4) is 0 Å². The Labute approximate surface area is 151 Å². The Morgan fingerprint density at radius 3 is 2.72 bits per heavy atom. The van der Waals surface area contributed by atoms with Crippen LogP contribution in [0.3, 0.4) is 0 Å². The fraction of sp³-hybridized carbons (Fsp3) is 0.632. The number of carbonyl (C=O) groups is 1. The van der Waals surface area contributed by atoms with Gasteiger partial charge in [0.25, 0.3) is 0 Å². The highest BCUT2D eigenvalue weighted by Gasteiger charge is 2.22. The van der Waals surface area contributed by atoms with Gasteiger partial charge in [0.05, 0.1) is 11.0 Å². The normalized spacial score (nSPS) is 19.6. The summed E-state index contributed by atoms with van der Waals surface area (Å²) in [5, 5.41) is 5.89. The van der Waals surface area contributed by atoms with Crippen molar-refractivity contribution < 1.29 is 13.2 Å². The molecular formula is C19H30N2O3S. The Balaban J connectivity index is 1.93. The van der Waals surface area contributed by atoms with E-state index in [1.54, 1.807) is 38.1 Å². The summed E-state index contributed by atoms with van der Waals surface area (Å²) in [6, 6.07) is 7.13. The lowest BCUT2D eigenvalue weighted by Crippen LogP contribution is -2.34. The molecule has 2 rings (SSSR count). The van der Waals surface area contributed by atoms with E-state index in [1.807, 2.05) is 0 Å². The number of benzene rings is 1. The van der Waals surface area contributed by atoms with Gasteiger partial charge in [-0.3, -0.25) is 4.79 Å². The van der Waals surface area contributed by atoms with E-state index >= 15 is 0 Å². The van der Waals surface area contributed by atoms with Crippen molar-refractivity contribution in [2.24, 2.45) is 11.8 Å². The van der Waals surface area contributed by atoms with Crippen LogP contribution < -0.4 is 10.6 Å². The van der Waals surface area contributed by atoms with Crippen molar-refractivity contribution in [1.82, 2.24) is 5.32 Å². The first-order valence-corrected chi connectivity index (χ1v) is 10.8. The first-order chi connectivity index (χ1) is 11.8. The molecule has 0 radical (unpaired) electrons. The van der Waals surface area contributed by atoms with Gasteiger partial charge in [0.2, 0.25) is 5.91 Å². The Morgan fingerprint density at radius 2 is 2.08 bits per heavy atom. The molecule has 2 unspecified atom stereocenters. The maximum Gasteiger partial charge on any atom is 0.224 e. The van der Waals surface area contributed by atoms with Crippen LogP contribution in [0.5, 0.6) is 0 Å². The summed E-state index contributed by atoms with van der Waals surface area (Å²) in [6.45, 7) is 7.55. The molecule has 25 heavy (non-hydrogen) atoms. The fourth-order valence-corrected chi connectivity index (χ4v) is 4.15. The number of amides is 1. The minimum atomic E-state index is -3.15. The van der Waals surface area contributed by atoms with Crippen LogP contribution in [0.15, 0.2) is 24.3 Å². The highest BCUT2D eigenvalue weighted by molar-refractivity contribution is 7.91. The second-order valence-corrected chi connectivity index (χ2v) is 9.95. The molecule has 0 saturated carbocycles. The Bertz CT molecular complexity index is 680. The van der Waals surface area contributed by atoms with Gasteiger partial charge in [-0.15, -0.1) is 0 Å². The molecule has 1 amide bonds. The van der Waals surface area contributed by atoms with Gasteiger partial charge in [-0.25, -0.2) is 8.42 Å². The van der Waals surface area contributed by atoms with Gasteiger partial charge in [0.15, 0.2) is 9.84 Å². The summed E-state index contributed by atoms with van der Waals surface area (Å²) in [5.41, 5.74) is 1.37. The first kappa shape index (κ1) is 19.9. The zero-order valence-corrected chi connectivity index (χ0v) is 16.2. The van der Waals surface area contributed by atoms with Gasteiger partial charge < -0.3 is 10.6 Å². The third kappa shape index (κ3) is 6.12. The molecule has 0 aromatic heterocycles. The van der Waals surface area contributed by atoms with Crippen LogP contribution in [-0.4, -0.2) is 32.7 Å². The van der Waals surface area contributed by atoms with E-state index < -0.39 is 15.1 Å². The third-order valence-corrected chi connectivity index (χ3v) is 7.12. The molecule has 6 heteroatoms. The molecule has 1 saturated heterocycles. The van der Waals surface area contributed by atoms with Gasteiger partial charge >= 0.3 is 0 Å². The number of sulfone groups is 1. The maximum absolute atomic E-state index is 12.3. The Morgan fingerprint density at radius 1 is 1.32 bits per heavy atom. The predicted octanol–water partition coefficient (Wildman–Crippen LogP) is 2.97. The van der Waals surface area contributed by atoms with E-state index in [4.69, 9.17) is 0 Å². The van der Waals surface area contributed by atoms with E-state index in [-0.39, 0.29) is 11.7 Å². The van der Waals surface area contributed by atoms with Crippen molar-refractivity contribution in [2.75, 3.05) is 18.4 Å². The molecule has 0 aliphatic carbocycles. The van der Waals surface area contributed by atoms with E-state index in [1.165, 1.54) is 12.8 Å². The summed E-state index contributed by atoms with van der Waals surface area (Å²) in [5.74, 6) is 0.861. The summed E-state index contributed by atoms with van der Waals surface area (Å²) < 4.78 is 24.1. The van der Waals surface area contributed by atoms with E-state index in [0.717, 1.165) is 13.1 Å². The Hall–Kier alpha value is -1.40. The zero-order chi connectivity index (χ0) is 18.4. The molecule has 2 N–H and O–H groups in total. The second-order valence-electron chi connectivity index (χ2n) is 7.39. The van der Waals surface area contributed by atoms with Gasteiger partial charge in [-0.1, -0.05) is 19.1 Å². The molecule has 1 aromatic carbocycles. The first-order valence-electron chi connectivity index (χ1n) is 9.09. The number of hydrogen-bond donors (Lipinski definition) is 2. The number of anilines is 1. The maximum atomic E-state index is 12.3. The van der Waals surface area contributed by atoms with Gasteiger partial charge in [-0.2, -0.15) is 0 Å². The molecule has 1 fully saturated rings. The van der Waals surface area contributed by atoms with Crippen LogP contribution >= 0.6 is 0 Å². The third-order valence-electron chi connectivity index (χ3n) is 4.94. The number of rotatable bonds is 7. The lowest BCUT2D eigenvalue weighted by atomic mass is 9.85. The van der Waals surface area contributed by atoms with E-state index in [2.05, 4.69) is 17.6 Å². The van der Waals surface area contributed by atoms with Gasteiger partial charge in [0.1, 0.15) is 0 Å². The monoisotopic (exact) mass is 366 g/mol. The van der Waals surface area contributed by atoms with Crippen LogP contribution in [0.2, 0.25) is 0 Å². The molecule has 0 bridgehead atoms. The molecule has 1 aliphatic heterocycles. The van der Waals surface area contributed by atoms with Crippen molar-refractivity contribution >= 4 is 21.4 Å². The largest absolute Gasteiger partial charge is 0.326 e. The molecule has 140 valence electrons. The quantitative estimate of drug-likeness (QED) is 0.778. The lowest BCUT2D eigenvalue weighted by molar-refractivity contribution is -0.117. The number of nitrogens with one attached hydrogen (secondary N) is 2. The minimum absolute atomic E-state index is 0.00146. The SMILES string of the molecule is CC(CC(=O)Nc1cccc(CS(=O)(=O)C(C)C)c1)C1CCCNC1. The average molecular weight is 367 g/mol. The van der Waals surface area contributed by atoms with Crippen molar-refractivity contribution in [2.45, 2.75) is 51.0 Å². The molecule has 1 aliphatic rings. The molecule has 5 nitrogen and oxygen atoms in total. The average Bonchev–Trinajstić information content (AvgIpc) is 2.55. The molecular weight excluding hydrogens is 336 g/mol. The van der Waals surface area contributed by atoms with Crippen LogP contribution in [0.1, 0.15) is 45.6 Å². The van der Waals surface area contributed by atoms with Crippen molar-refractivity contribution in [3.05, 3.63) is 29.8 Å². The van der Waals surface area contributed by atoms with Crippen molar-refractivity contribution in [3.63, 3.8) is 0 Å². The minimum Gasteiger partial charge on any atom is -0.326 e. The number of hydrogen-bond acceptors (Lipinski definition) is 4.